The molecule has 4 N–H and O–H groups in total. The van der Waals surface area contributed by atoms with Crippen LogP contribution in [0.25, 0.3) is 10.9 Å². The Kier molecular flexibility index (Phi) is 4.69. The number of carboxylic acid groups (broad SMARTS) is 1. The molecule has 0 radical (unpaired) electrons. The summed E-state index contributed by atoms with van der Waals surface area (Å²) >= 11 is 1.67. The highest BCUT2D eigenvalue weighted by atomic mass is 32.2. The number of aliphatic carboxylic acids is 1. The Morgan fingerprint density at radius 2 is 2.30 bits per heavy atom. The number of benzene rings is 1. The van der Waals surface area contributed by atoms with Gasteiger partial charge in [0.2, 0.25) is 0 Å². The Balaban J connectivity index is 2.46. The van der Waals surface area contributed by atoms with E-state index in [1.165, 1.54) is 0 Å². The van der Waals surface area contributed by atoms with Crippen molar-refractivity contribution in [2.45, 2.75) is 17.4 Å². The van der Waals surface area contributed by atoms with E-state index in [4.69, 9.17) is 5.73 Å². The lowest BCUT2D eigenvalue weighted by Gasteiger charge is -2.12. The first-order chi connectivity index (χ1) is 9.58. The van der Waals surface area contributed by atoms with Crippen LogP contribution in [0.3, 0.4) is 0 Å². The molecule has 1 aromatic carbocycles. The number of nitrogens with zero attached hydrogens (tertiary/aromatic N) is 1. The normalized spacial score (nSPS) is 12.8. The first kappa shape index (κ1) is 14.9. The third kappa shape index (κ3) is 2.82. The maximum atomic E-state index is 11.3. The van der Waals surface area contributed by atoms with E-state index in [0.29, 0.717) is 6.42 Å². The number of nitrogens with two attached hydrogens (primary N) is 1. The monoisotopic (exact) mass is 293 g/mol. The number of hydrogen-bond acceptors (Lipinski definition) is 4. The van der Waals surface area contributed by atoms with Gasteiger partial charge in [-0.1, -0.05) is 6.07 Å². The summed E-state index contributed by atoms with van der Waals surface area (Å²) in [7, 11) is 1.97. The lowest BCUT2D eigenvalue weighted by Crippen LogP contribution is -2.41. The van der Waals surface area contributed by atoms with Crippen LogP contribution in [0.5, 0.6) is 0 Å². The molecular formula is C14H19N3O2S. The van der Waals surface area contributed by atoms with Crippen molar-refractivity contribution < 1.29 is 9.90 Å². The van der Waals surface area contributed by atoms with Crippen molar-refractivity contribution in [3.05, 3.63) is 30.0 Å². The number of rotatable bonds is 6. The molecule has 20 heavy (non-hydrogen) atoms. The van der Waals surface area contributed by atoms with Crippen molar-refractivity contribution in [3.8, 4) is 0 Å². The number of thioether (sulfide) groups is 1. The predicted octanol–water partition coefficient (Wildman–Crippen LogP) is 1.40. The van der Waals surface area contributed by atoms with Crippen molar-refractivity contribution >= 4 is 28.6 Å². The molecule has 1 unspecified atom stereocenters. The standard InChI is InChI=1S/C14H19N3O2S/c1-17-7-9(6-10(14(18)19)16-8-15)13-11(17)4-3-5-12(13)20-2/h3-5,7,10,16H,6,8,15H2,1-2H3,(H,18,19). The van der Waals surface area contributed by atoms with Gasteiger partial charge >= 0.3 is 5.97 Å². The molecule has 0 aliphatic carbocycles. The summed E-state index contributed by atoms with van der Waals surface area (Å²) in [4.78, 5) is 12.4. The highest BCUT2D eigenvalue weighted by Gasteiger charge is 2.20. The van der Waals surface area contributed by atoms with Gasteiger partial charge in [-0.2, -0.15) is 0 Å². The number of aromatic nitrogens is 1. The van der Waals surface area contributed by atoms with Gasteiger partial charge in [0.25, 0.3) is 0 Å². The van der Waals surface area contributed by atoms with Crippen molar-refractivity contribution in [1.29, 1.82) is 0 Å². The minimum absolute atomic E-state index is 0.150. The first-order valence-corrected chi connectivity index (χ1v) is 7.58. The summed E-state index contributed by atoms with van der Waals surface area (Å²) in [6.07, 6.45) is 4.44. The van der Waals surface area contributed by atoms with Crippen LogP contribution < -0.4 is 11.1 Å². The highest BCUT2D eigenvalue weighted by molar-refractivity contribution is 7.98. The maximum Gasteiger partial charge on any atom is 0.321 e. The molecule has 0 saturated heterocycles. The van der Waals surface area contributed by atoms with Gasteiger partial charge in [0.1, 0.15) is 6.04 Å². The zero-order valence-electron chi connectivity index (χ0n) is 11.6. The third-order valence-electron chi connectivity index (χ3n) is 3.36. The third-order valence-corrected chi connectivity index (χ3v) is 4.14. The molecule has 2 rings (SSSR count). The van der Waals surface area contributed by atoms with Gasteiger partial charge in [0.15, 0.2) is 0 Å². The predicted molar refractivity (Wildman–Crippen MR) is 82.0 cm³/mol. The Hall–Kier alpha value is -1.50. The molecule has 0 saturated carbocycles. The zero-order valence-corrected chi connectivity index (χ0v) is 12.4. The number of carbonyl (C=O) groups is 1. The molecule has 1 heterocycles. The van der Waals surface area contributed by atoms with Crippen LogP contribution in [0, 0.1) is 0 Å². The summed E-state index contributed by atoms with van der Waals surface area (Å²) in [6, 6.07) is 5.46. The SMILES string of the molecule is CSc1cccc2c1c(CC(NCN)C(=O)O)cn2C. The van der Waals surface area contributed by atoms with E-state index >= 15 is 0 Å². The summed E-state index contributed by atoms with van der Waals surface area (Å²) in [5.41, 5.74) is 7.55. The van der Waals surface area contributed by atoms with E-state index < -0.39 is 12.0 Å². The number of carboxylic acids is 1. The van der Waals surface area contributed by atoms with Gasteiger partial charge < -0.3 is 15.4 Å². The molecular weight excluding hydrogens is 274 g/mol. The lowest BCUT2D eigenvalue weighted by atomic mass is 10.1. The van der Waals surface area contributed by atoms with Gasteiger partial charge in [0.05, 0.1) is 0 Å². The largest absolute Gasteiger partial charge is 0.480 e. The topological polar surface area (TPSA) is 80.3 Å². The van der Waals surface area contributed by atoms with Crippen LogP contribution in [0.2, 0.25) is 0 Å². The molecule has 108 valence electrons. The van der Waals surface area contributed by atoms with Crippen LogP contribution in [0.1, 0.15) is 5.56 Å². The average molecular weight is 293 g/mol. The van der Waals surface area contributed by atoms with Crippen molar-refractivity contribution in [2.24, 2.45) is 12.8 Å². The number of hydrogen-bond donors (Lipinski definition) is 3. The van der Waals surface area contributed by atoms with Crippen LogP contribution >= 0.6 is 11.8 Å². The van der Waals surface area contributed by atoms with E-state index in [9.17, 15) is 9.90 Å². The molecule has 0 aliphatic rings. The van der Waals surface area contributed by atoms with Crippen LogP contribution in [0.15, 0.2) is 29.3 Å². The first-order valence-electron chi connectivity index (χ1n) is 6.35. The number of nitrogens with one attached hydrogen (secondary N) is 1. The summed E-state index contributed by atoms with van der Waals surface area (Å²) in [6.45, 7) is 0.150. The van der Waals surface area contributed by atoms with E-state index in [2.05, 4.69) is 11.4 Å². The Morgan fingerprint density at radius 1 is 1.55 bits per heavy atom. The van der Waals surface area contributed by atoms with Gasteiger partial charge in [-0.15, -0.1) is 11.8 Å². The van der Waals surface area contributed by atoms with Gasteiger partial charge in [-0.25, -0.2) is 0 Å². The molecule has 1 atom stereocenters. The second-order valence-electron chi connectivity index (χ2n) is 4.62. The molecule has 0 fully saturated rings. The van der Waals surface area contributed by atoms with E-state index in [1.807, 2.05) is 36.2 Å². The minimum Gasteiger partial charge on any atom is -0.480 e. The van der Waals surface area contributed by atoms with E-state index in [-0.39, 0.29) is 6.67 Å². The van der Waals surface area contributed by atoms with Gasteiger partial charge in [-0.05, 0) is 24.0 Å². The average Bonchev–Trinajstić information content (AvgIpc) is 2.75. The second kappa shape index (κ2) is 6.30. The van der Waals surface area contributed by atoms with Crippen molar-refractivity contribution in [1.82, 2.24) is 9.88 Å². The van der Waals surface area contributed by atoms with Crippen molar-refractivity contribution in [3.63, 3.8) is 0 Å². The van der Waals surface area contributed by atoms with Crippen molar-refractivity contribution in [2.75, 3.05) is 12.9 Å². The smallest absolute Gasteiger partial charge is 0.321 e. The number of aryl methyl sites for hydroxylation is 1. The van der Waals surface area contributed by atoms with Gasteiger partial charge in [-0.3, -0.25) is 10.1 Å². The molecule has 0 aliphatic heterocycles. The molecule has 2 aromatic rings. The molecule has 5 nitrogen and oxygen atoms in total. The number of fused-ring (bicyclic) bond motifs is 1. The Labute approximate surface area is 122 Å². The Morgan fingerprint density at radius 3 is 2.90 bits per heavy atom. The quantitative estimate of drug-likeness (QED) is 0.554. The molecule has 1 aromatic heterocycles. The maximum absolute atomic E-state index is 11.3. The highest BCUT2D eigenvalue weighted by Crippen LogP contribution is 2.31. The van der Waals surface area contributed by atoms with Crippen LogP contribution in [-0.4, -0.2) is 34.6 Å². The molecule has 6 heteroatoms. The van der Waals surface area contributed by atoms with Gasteiger partial charge in [0, 0.05) is 42.1 Å². The minimum atomic E-state index is -0.880. The van der Waals surface area contributed by atoms with Crippen LogP contribution in [0.4, 0.5) is 0 Å². The van der Waals surface area contributed by atoms with Crippen LogP contribution in [-0.2, 0) is 18.3 Å². The summed E-state index contributed by atoms with van der Waals surface area (Å²) in [5, 5.41) is 13.2. The molecule has 0 spiro atoms. The fraction of sp³-hybridized carbons (Fsp3) is 0.357. The summed E-state index contributed by atoms with van der Waals surface area (Å²) < 4.78 is 2.03. The zero-order chi connectivity index (χ0) is 14.7. The fourth-order valence-corrected chi connectivity index (χ4v) is 3.09. The Bertz CT molecular complexity index is 624. The van der Waals surface area contributed by atoms with E-state index in [1.54, 1.807) is 11.8 Å². The summed E-state index contributed by atoms with van der Waals surface area (Å²) in [5.74, 6) is -0.880. The molecule has 0 amide bonds. The van der Waals surface area contributed by atoms with E-state index in [0.717, 1.165) is 21.4 Å². The molecule has 0 bridgehead atoms. The second-order valence-corrected chi connectivity index (χ2v) is 5.47. The fourth-order valence-electron chi connectivity index (χ4n) is 2.44. The lowest BCUT2D eigenvalue weighted by molar-refractivity contribution is -0.139.